The normalized spacial score (nSPS) is 21.9. The van der Waals surface area contributed by atoms with Gasteiger partial charge in [-0.15, -0.1) is 12.4 Å². The Morgan fingerprint density at radius 1 is 1.29 bits per heavy atom. The van der Waals surface area contributed by atoms with E-state index in [0.717, 1.165) is 13.1 Å². The Morgan fingerprint density at radius 2 is 1.71 bits per heavy atom. The smallest absolute Gasteiger partial charge is 0.109 e. The first-order valence-corrected chi connectivity index (χ1v) is 2.12. The van der Waals surface area contributed by atoms with Gasteiger partial charge in [0, 0.05) is 13.1 Å². The molecule has 0 aromatic heterocycles. The van der Waals surface area contributed by atoms with E-state index < -0.39 is 0 Å². The first-order valence-electron chi connectivity index (χ1n) is 2.12. The van der Waals surface area contributed by atoms with Gasteiger partial charge in [-0.2, -0.15) is 0 Å². The molecule has 4 heteroatoms. The number of halogens is 1. The highest BCUT2D eigenvalue weighted by molar-refractivity contribution is 5.85. The zero-order valence-electron chi connectivity index (χ0n) is 3.98. The molecule has 3 nitrogen and oxygen atoms in total. The maximum Gasteiger partial charge on any atom is 0.109 e. The SMILES string of the molecule is Cl.NC1NCCN1. The van der Waals surface area contributed by atoms with Crippen molar-refractivity contribution >= 4 is 12.4 Å². The van der Waals surface area contributed by atoms with Crippen LogP contribution in [0.1, 0.15) is 0 Å². The third-order valence-corrected chi connectivity index (χ3v) is 0.854. The van der Waals surface area contributed by atoms with Crippen LogP contribution >= 0.6 is 12.4 Å². The molecule has 0 amide bonds. The van der Waals surface area contributed by atoms with Crippen LogP contribution < -0.4 is 16.4 Å². The molecule has 0 bridgehead atoms. The van der Waals surface area contributed by atoms with E-state index in [0.29, 0.717) is 0 Å². The molecule has 7 heavy (non-hydrogen) atoms. The second kappa shape index (κ2) is 3.21. The van der Waals surface area contributed by atoms with E-state index in [1.54, 1.807) is 0 Å². The van der Waals surface area contributed by atoms with Crippen molar-refractivity contribution in [2.45, 2.75) is 6.29 Å². The third kappa shape index (κ3) is 2.09. The van der Waals surface area contributed by atoms with Crippen molar-refractivity contribution in [3.05, 3.63) is 0 Å². The summed E-state index contributed by atoms with van der Waals surface area (Å²) >= 11 is 0. The average molecular weight is 124 g/mol. The molecule has 1 aliphatic heterocycles. The third-order valence-electron chi connectivity index (χ3n) is 0.854. The van der Waals surface area contributed by atoms with Gasteiger partial charge in [-0.1, -0.05) is 0 Å². The number of rotatable bonds is 0. The van der Waals surface area contributed by atoms with Gasteiger partial charge in [0.1, 0.15) is 6.29 Å². The summed E-state index contributed by atoms with van der Waals surface area (Å²) in [6.07, 6.45) is 0.0463. The Bertz CT molecular complexity index is 43.4. The summed E-state index contributed by atoms with van der Waals surface area (Å²) in [5.41, 5.74) is 5.31. The number of nitrogens with two attached hydrogens (primary N) is 1. The molecule has 0 aliphatic carbocycles. The molecule has 1 heterocycles. The van der Waals surface area contributed by atoms with Gasteiger partial charge in [0.15, 0.2) is 0 Å². The highest BCUT2D eigenvalue weighted by atomic mass is 35.5. The van der Waals surface area contributed by atoms with E-state index in [9.17, 15) is 0 Å². The lowest BCUT2D eigenvalue weighted by Crippen LogP contribution is -2.39. The summed E-state index contributed by atoms with van der Waals surface area (Å²) < 4.78 is 0. The van der Waals surface area contributed by atoms with Crippen LogP contribution in [0.15, 0.2) is 0 Å². The van der Waals surface area contributed by atoms with Crippen LogP contribution in [-0.2, 0) is 0 Å². The number of nitrogens with one attached hydrogen (secondary N) is 2. The molecule has 44 valence electrons. The maximum absolute atomic E-state index is 5.31. The van der Waals surface area contributed by atoms with Crippen molar-refractivity contribution in [2.75, 3.05) is 13.1 Å². The van der Waals surface area contributed by atoms with E-state index in [1.807, 2.05) is 0 Å². The topological polar surface area (TPSA) is 50.1 Å². The Hall–Kier alpha value is 0.170. The van der Waals surface area contributed by atoms with E-state index in [4.69, 9.17) is 5.73 Å². The monoisotopic (exact) mass is 123 g/mol. The second-order valence-corrected chi connectivity index (χ2v) is 1.39. The molecule has 1 fully saturated rings. The highest BCUT2D eigenvalue weighted by Crippen LogP contribution is 1.70. The summed E-state index contributed by atoms with van der Waals surface area (Å²) in [6.45, 7) is 2.00. The minimum Gasteiger partial charge on any atom is -0.304 e. The van der Waals surface area contributed by atoms with Crippen molar-refractivity contribution in [1.82, 2.24) is 10.6 Å². The fourth-order valence-corrected chi connectivity index (χ4v) is 0.528. The van der Waals surface area contributed by atoms with E-state index in [1.165, 1.54) is 0 Å². The summed E-state index contributed by atoms with van der Waals surface area (Å²) in [4.78, 5) is 0. The zero-order valence-corrected chi connectivity index (χ0v) is 4.79. The van der Waals surface area contributed by atoms with Gasteiger partial charge in [0.05, 0.1) is 0 Å². The van der Waals surface area contributed by atoms with Gasteiger partial charge in [-0.25, -0.2) is 0 Å². The lowest BCUT2D eigenvalue weighted by molar-refractivity contribution is 0.578. The maximum atomic E-state index is 5.31. The lowest BCUT2D eigenvalue weighted by Gasteiger charge is -1.97. The first kappa shape index (κ1) is 7.17. The average Bonchev–Trinajstić information content (AvgIpc) is 1.86. The number of hydrogen-bond acceptors (Lipinski definition) is 3. The van der Waals surface area contributed by atoms with E-state index in [2.05, 4.69) is 10.6 Å². The molecular weight excluding hydrogens is 114 g/mol. The van der Waals surface area contributed by atoms with Crippen LogP contribution in [-0.4, -0.2) is 19.4 Å². The molecule has 0 aromatic rings. The predicted molar refractivity (Wildman–Crippen MR) is 31.2 cm³/mol. The molecule has 1 saturated heterocycles. The van der Waals surface area contributed by atoms with Crippen molar-refractivity contribution in [2.24, 2.45) is 5.73 Å². The molecule has 4 N–H and O–H groups in total. The van der Waals surface area contributed by atoms with Gasteiger partial charge in [0.2, 0.25) is 0 Å². The van der Waals surface area contributed by atoms with Crippen LogP contribution in [0.25, 0.3) is 0 Å². The molecule has 1 rings (SSSR count). The fraction of sp³-hybridized carbons (Fsp3) is 1.00. The minimum atomic E-state index is 0. The summed E-state index contributed by atoms with van der Waals surface area (Å²) in [5, 5.41) is 5.97. The Morgan fingerprint density at radius 3 is 1.86 bits per heavy atom. The highest BCUT2D eigenvalue weighted by Gasteiger charge is 2.03. The standard InChI is InChI=1S/C3H9N3.ClH/c4-3-5-1-2-6-3;/h3,5-6H,1-2,4H2;1H. The lowest BCUT2D eigenvalue weighted by atomic mass is 10.7. The molecule has 0 radical (unpaired) electrons. The van der Waals surface area contributed by atoms with Crippen LogP contribution in [0.5, 0.6) is 0 Å². The first-order chi connectivity index (χ1) is 2.89. The van der Waals surface area contributed by atoms with Crippen LogP contribution in [0.2, 0.25) is 0 Å². The van der Waals surface area contributed by atoms with Gasteiger partial charge < -0.3 is 5.73 Å². The quantitative estimate of drug-likeness (QED) is 0.381. The van der Waals surface area contributed by atoms with Gasteiger partial charge in [-0.3, -0.25) is 10.6 Å². The molecule has 0 unspecified atom stereocenters. The second-order valence-electron chi connectivity index (χ2n) is 1.39. The largest absolute Gasteiger partial charge is 0.304 e. The van der Waals surface area contributed by atoms with E-state index >= 15 is 0 Å². The predicted octanol–water partition coefficient (Wildman–Crippen LogP) is -1.16. The van der Waals surface area contributed by atoms with Crippen LogP contribution in [0, 0.1) is 0 Å². The Labute approximate surface area is 49.1 Å². The number of hydrogen-bond donors (Lipinski definition) is 3. The molecule has 0 aromatic carbocycles. The van der Waals surface area contributed by atoms with Crippen molar-refractivity contribution in [3.8, 4) is 0 Å². The minimum absolute atomic E-state index is 0. The fourth-order valence-electron chi connectivity index (χ4n) is 0.528. The van der Waals surface area contributed by atoms with Gasteiger partial charge >= 0.3 is 0 Å². The molecule has 0 saturated carbocycles. The van der Waals surface area contributed by atoms with Gasteiger partial charge in [-0.05, 0) is 0 Å². The molecule has 1 aliphatic rings. The van der Waals surface area contributed by atoms with Crippen LogP contribution in [0.4, 0.5) is 0 Å². The molecule has 0 atom stereocenters. The molecular formula is C3H10ClN3. The van der Waals surface area contributed by atoms with Crippen molar-refractivity contribution in [3.63, 3.8) is 0 Å². The summed E-state index contributed by atoms with van der Waals surface area (Å²) in [7, 11) is 0. The summed E-state index contributed by atoms with van der Waals surface area (Å²) in [6, 6.07) is 0. The Kier molecular flexibility index (Phi) is 3.29. The summed E-state index contributed by atoms with van der Waals surface area (Å²) in [5.74, 6) is 0. The van der Waals surface area contributed by atoms with Gasteiger partial charge in [0.25, 0.3) is 0 Å². The van der Waals surface area contributed by atoms with E-state index in [-0.39, 0.29) is 18.7 Å². The Balaban J connectivity index is 0.000000360. The zero-order chi connectivity index (χ0) is 4.41. The van der Waals surface area contributed by atoms with Crippen molar-refractivity contribution in [1.29, 1.82) is 0 Å². The van der Waals surface area contributed by atoms with Crippen molar-refractivity contribution < 1.29 is 0 Å². The molecule has 0 spiro atoms. The van der Waals surface area contributed by atoms with Crippen LogP contribution in [0.3, 0.4) is 0 Å².